The van der Waals surface area contributed by atoms with Crippen LogP contribution in [0.5, 0.6) is 5.75 Å². The Morgan fingerprint density at radius 2 is 1.68 bits per heavy atom. The number of hydrogen-bond acceptors (Lipinski definition) is 4. The fourth-order valence-electron chi connectivity index (χ4n) is 4.29. The van der Waals surface area contributed by atoms with E-state index in [1.807, 2.05) is 44.2 Å². The number of benzene rings is 3. The van der Waals surface area contributed by atoms with Crippen LogP contribution < -0.4 is 20.3 Å². The van der Waals surface area contributed by atoms with Gasteiger partial charge >= 0.3 is 0 Å². The first-order valence-electron chi connectivity index (χ1n) is 12.6. The van der Waals surface area contributed by atoms with Crippen molar-refractivity contribution in [1.82, 2.24) is 5.32 Å². The molecule has 0 bridgehead atoms. The average molecular weight is 500 g/mol. The smallest absolute Gasteiger partial charge is 0.262 e. The predicted octanol–water partition coefficient (Wildman–Crippen LogP) is 4.55. The SMILES string of the molecule is CCc1ccc(CNC(=O)[C@@H]2CC(=O)N(c3ccc(OCC(=O)Nc4cc(C)ccc4C)cc3)C2)cc1. The van der Waals surface area contributed by atoms with Gasteiger partial charge < -0.3 is 20.3 Å². The van der Waals surface area contributed by atoms with Gasteiger partial charge in [0.15, 0.2) is 6.61 Å². The van der Waals surface area contributed by atoms with Gasteiger partial charge in [0.25, 0.3) is 5.91 Å². The molecule has 1 aliphatic rings. The van der Waals surface area contributed by atoms with E-state index >= 15 is 0 Å². The molecule has 0 aliphatic carbocycles. The molecule has 1 saturated heterocycles. The predicted molar refractivity (Wildman–Crippen MR) is 145 cm³/mol. The lowest BCUT2D eigenvalue weighted by Gasteiger charge is -2.17. The molecule has 3 aromatic carbocycles. The molecule has 1 fully saturated rings. The van der Waals surface area contributed by atoms with Crippen molar-refractivity contribution in [3.63, 3.8) is 0 Å². The summed E-state index contributed by atoms with van der Waals surface area (Å²) in [7, 11) is 0. The Balaban J connectivity index is 1.26. The Morgan fingerprint density at radius 3 is 2.38 bits per heavy atom. The van der Waals surface area contributed by atoms with Crippen LogP contribution in [0, 0.1) is 19.8 Å². The summed E-state index contributed by atoms with van der Waals surface area (Å²) in [5.74, 6) is -0.330. The van der Waals surface area contributed by atoms with Crippen LogP contribution in [0.25, 0.3) is 0 Å². The topological polar surface area (TPSA) is 87.7 Å². The number of carbonyl (C=O) groups excluding carboxylic acids is 3. The summed E-state index contributed by atoms with van der Waals surface area (Å²) in [6, 6.07) is 21.0. The molecule has 37 heavy (non-hydrogen) atoms. The normalized spacial score (nSPS) is 14.9. The van der Waals surface area contributed by atoms with Crippen molar-refractivity contribution in [1.29, 1.82) is 0 Å². The molecule has 1 heterocycles. The van der Waals surface area contributed by atoms with Crippen molar-refractivity contribution < 1.29 is 19.1 Å². The number of anilines is 2. The second-order valence-corrected chi connectivity index (χ2v) is 9.44. The maximum Gasteiger partial charge on any atom is 0.262 e. The first-order valence-corrected chi connectivity index (χ1v) is 12.6. The van der Waals surface area contributed by atoms with Crippen LogP contribution in [0.1, 0.15) is 35.6 Å². The van der Waals surface area contributed by atoms with Crippen molar-refractivity contribution in [2.45, 2.75) is 40.2 Å². The Kier molecular flexibility index (Phi) is 8.23. The molecule has 0 saturated carbocycles. The van der Waals surface area contributed by atoms with E-state index in [-0.39, 0.29) is 30.7 Å². The van der Waals surface area contributed by atoms with Gasteiger partial charge in [-0.25, -0.2) is 0 Å². The number of rotatable bonds is 9. The minimum absolute atomic E-state index is 0.0889. The van der Waals surface area contributed by atoms with Crippen molar-refractivity contribution in [3.05, 3.63) is 89.0 Å². The van der Waals surface area contributed by atoms with Crippen LogP contribution in [0.4, 0.5) is 11.4 Å². The van der Waals surface area contributed by atoms with E-state index in [1.54, 1.807) is 29.2 Å². The summed E-state index contributed by atoms with van der Waals surface area (Å²) < 4.78 is 5.62. The summed E-state index contributed by atoms with van der Waals surface area (Å²) in [6.45, 7) is 6.66. The molecule has 4 rings (SSSR count). The molecule has 0 spiro atoms. The molecule has 3 amide bonds. The summed E-state index contributed by atoms with van der Waals surface area (Å²) in [5, 5.41) is 5.83. The summed E-state index contributed by atoms with van der Waals surface area (Å²) in [4.78, 5) is 39.2. The largest absolute Gasteiger partial charge is 0.484 e. The molecule has 0 radical (unpaired) electrons. The van der Waals surface area contributed by atoms with Crippen LogP contribution in [0.3, 0.4) is 0 Å². The van der Waals surface area contributed by atoms with Crippen molar-refractivity contribution in [2.75, 3.05) is 23.4 Å². The first-order chi connectivity index (χ1) is 17.8. The third kappa shape index (κ3) is 6.76. The third-order valence-electron chi connectivity index (χ3n) is 6.58. The quantitative estimate of drug-likeness (QED) is 0.452. The summed E-state index contributed by atoms with van der Waals surface area (Å²) >= 11 is 0. The number of amides is 3. The van der Waals surface area contributed by atoms with Crippen LogP contribution in [-0.2, 0) is 27.3 Å². The van der Waals surface area contributed by atoms with Crippen molar-refractivity contribution >= 4 is 29.1 Å². The highest BCUT2D eigenvalue weighted by Crippen LogP contribution is 2.27. The molecule has 0 aromatic heterocycles. The zero-order valence-electron chi connectivity index (χ0n) is 21.5. The number of hydrogen-bond donors (Lipinski definition) is 2. The number of nitrogens with zero attached hydrogens (tertiary/aromatic N) is 1. The molecule has 3 aromatic rings. The Hall–Kier alpha value is -4.13. The van der Waals surface area contributed by atoms with E-state index in [4.69, 9.17) is 4.74 Å². The number of ether oxygens (including phenoxy) is 1. The highest BCUT2D eigenvalue weighted by molar-refractivity contribution is 6.00. The molecule has 1 aliphatic heterocycles. The van der Waals surface area contributed by atoms with Gasteiger partial charge in [0.2, 0.25) is 11.8 Å². The van der Waals surface area contributed by atoms with Gasteiger partial charge in [-0.15, -0.1) is 0 Å². The Labute approximate surface area is 217 Å². The monoisotopic (exact) mass is 499 g/mol. The van der Waals surface area contributed by atoms with Gasteiger partial charge in [-0.3, -0.25) is 14.4 Å². The fourth-order valence-corrected chi connectivity index (χ4v) is 4.29. The molecular weight excluding hydrogens is 466 g/mol. The van der Waals surface area contributed by atoms with Gasteiger partial charge in [0, 0.05) is 30.9 Å². The minimum Gasteiger partial charge on any atom is -0.484 e. The van der Waals surface area contributed by atoms with Crippen LogP contribution in [0.2, 0.25) is 0 Å². The highest BCUT2D eigenvalue weighted by atomic mass is 16.5. The molecule has 192 valence electrons. The first kappa shape index (κ1) is 25.9. The van der Waals surface area contributed by atoms with E-state index in [9.17, 15) is 14.4 Å². The highest BCUT2D eigenvalue weighted by Gasteiger charge is 2.35. The maximum atomic E-state index is 12.7. The molecular formula is C30H33N3O4. The Bertz CT molecular complexity index is 1270. The van der Waals surface area contributed by atoms with E-state index in [2.05, 4.69) is 29.7 Å². The van der Waals surface area contributed by atoms with Gasteiger partial charge in [-0.05, 0) is 72.9 Å². The lowest BCUT2D eigenvalue weighted by Crippen LogP contribution is -2.32. The summed E-state index contributed by atoms with van der Waals surface area (Å²) in [5.41, 5.74) is 5.80. The van der Waals surface area contributed by atoms with E-state index in [0.29, 0.717) is 24.5 Å². The Morgan fingerprint density at radius 1 is 0.973 bits per heavy atom. The zero-order chi connectivity index (χ0) is 26.4. The fraction of sp³-hybridized carbons (Fsp3) is 0.300. The van der Waals surface area contributed by atoms with Gasteiger partial charge in [0.1, 0.15) is 5.75 Å². The van der Waals surface area contributed by atoms with E-state index < -0.39 is 5.92 Å². The number of aryl methyl sites for hydroxylation is 3. The zero-order valence-corrected chi connectivity index (χ0v) is 21.5. The standard InChI is InChI=1S/C30H33N3O4/c1-4-22-7-9-23(10-8-22)17-31-30(36)24-16-29(35)33(18-24)25-11-13-26(14-12-25)37-19-28(34)32-27-15-20(2)5-6-21(27)3/h5-15,24H,4,16-19H2,1-3H3,(H,31,36)(H,32,34)/t24-/m1/s1. The van der Waals surface area contributed by atoms with Crippen LogP contribution >= 0.6 is 0 Å². The lowest BCUT2D eigenvalue weighted by molar-refractivity contribution is -0.126. The van der Waals surface area contributed by atoms with E-state index in [1.165, 1.54) is 5.56 Å². The molecule has 7 heteroatoms. The van der Waals surface area contributed by atoms with Crippen molar-refractivity contribution in [3.8, 4) is 5.75 Å². The number of carbonyl (C=O) groups is 3. The van der Waals surface area contributed by atoms with Crippen molar-refractivity contribution in [2.24, 2.45) is 5.92 Å². The van der Waals surface area contributed by atoms with E-state index in [0.717, 1.165) is 28.8 Å². The molecule has 7 nitrogen and oxygen atoms in total. The second-order valence-electron chi connectivity index (χ2n) is 9.44. The van der Waals surface area contributed by atoms with Crippen LogP contribution in [-0.4, -0.2) is 30.9 Å². The third-order valence-corrected chi connectivity index (χ3v) is 6.58. The maximum absolute atomic E-state index is 12.7. The average Bonchev–Trinajstić information content (AvgIpc) is 3.30. The van der Waals surface area contributed by atoms with Crippen LogP contribution in [0.15, 0.2) is 66.7 Å². The molecule has 0 unspecified atom stereocenters. The van der Waals surface area contributed by atoms with Gasteiger partial charge in [-0.1, -0.05) is 43.3 Å². The second kappa shape index (κ2) is 11.7. The molecule has 2 N–H and O–H groups in total. The minimum atomic E-state index is -0.396. The number of nitrogens with one attached hydrogen (secondary N) is 2. The van der Waals surface area contributed by atoms with Gasteiger partial charge in [-0.2, -0.15) is 0 Å². The van der Waals surface area contributed by atoms with Gasteiger partial charge in [0.05, 0.1) is 5.92 Å². The molecule has 1 atom stereocenters. The summed E-state index contributed by atoms with van der Waals surface area (Å²) in [6.07, 6.45) is 1.15. The lowest BCUT2D eigenvalue weighted by atomic mass is 10.1.